The summed E-state index contributed by atoms with van der Waals surface area (Å²) in [6.45, 7) is 5.71. The molecule has 0 radical (unpaired) electrons. The SMILES string of the molecule is CC.Cc1c(OC(=O)c2cccn2C)ccc2c(N)cc(=O)oc12. The van der Waals surface area contributed by atoms with Crippen molar-refractivity contribution in [3.05, 3.63) is 58.2 Å². The van der Waals surface area contributed by atoms with Crippen molar-refractivity contribution in [1.29, 1.82) is 0 Å². The molecule has 0 fully saturated rings. The number of benzene rings is 1. The Morgan fingerprint density at radius 2 is 1.96 bits per heavy atom. The molecular weight excluding hydrogens is 308 g/mol. The second kappa shape index (κ2) is 7.04. The number of carbonyl (C=O) groups is 1. The number of nitrogens with zero attached hydrogens (tertiary/aromatic N) is 1. The van der Waals surface area contributed by atoms with Gasteiger partial charge in [0, 0.05) is 35.9 Å². The first-order chi connectivity index (χ1) is 11.5. The second-order valence-corrected chi connectivity index (χ2v) is 4.98. The number of esters is 1. The van der Waals surface area contributed by atoms with Gasteiger partial charge < -0.3 is 19.5 Å². The topological polar surface area (TPSA) is 87.5 Å². The van der Waals surface area contributed by atoms with E-state index in [-0.39, 0.29) is 0 Å². The highest BCUT2D eigenvalue weighted by Crippen LogP contribution is 2.29. The minimum atomic E-state index is -0.543. The lowest BCUT2D eigenvalue weighted by molar-refractivity contribution is 0.0724. The van der Waals surface area contributed by atoms with Crippen LogP contribution in [0.4, 0.5) is 5.69 Å². The standard InChI is InChI=1S/C16H14N2O4.C2H6/c1-9-13(21-16(20)12-4-3-7-18(12)2)6-5-10-11(17)8-14(19)22-15(9)10;1-2/h3-8H,17H2,1-2H3;1-2H3. The Morgan fingerprint density at radius 1 is 1.25 bits per heavy atom. The first-order valence-electron chi connectivity index (χ1n) is 7.64. The van der Waals surface area contributed by atoms with E-state index >= 15 is 0 Å². The third kappa shape index (κ3) is 3.17. The van der Waals surface area contributed by atoms with Crippen LogP contribution in [0.25, 0.3) is 11.0 Å². The van der Waals surface area contributed by atoms with Gasteiger partial charge in [0.15, 0.2) is 0 Å². The van der Waals surface area contributed by atoms with E-state index in [4.69, 9.17) is 14.9 Å². The highest BCUT2D eigenvalue weighted by atomic mass is 16.5. The van der Waals surface area contributed by atoms with Crippen molar-refractivity contribution in [3.8, 4) is 5.75 Å². The van der Waals surface area contributed by atoms with Crippen LogP contribution in [0, 0.1) is 6.92 Å². The summed E-state index contributed by atoms with van der Waals surface area (Å²) in [4.78, 5) is 23.6. The molecule has 6 heteroatoms. The molecule has 0 saturated heterocycles. The van der Waals surface area contributed by atoms with Crippen molar-refractivity contribution < 1.29 is 13.9 Å². The molecule has 0 unspecified atom stereocenters. The monoisotopic (exact) mass is 328 g/mol. The molecule has 0 bridgehead atoms. The van der Waals surface area contributed by atoms with E-state index in [0.29, 0.717) is 33.7 Å². The first-order valence-corrected chi connectivity index (χ1v) is 7.64. The van der Waals surface area contributed by atoms with Crippen LogP contribution in [0.1, 0.15) is 29.9 Å². The summed E-state index contributed by atoms with van der Waals surface area (Å²) in [6.07, 6.45) is 1.75. The van der Waals surface area contributed by atoms with Gasteiger partial charge in [-0.1, -0.05) is 13.8 Å². The maximum Gasteiger partial charge on any atom is 0.360 e. The Hall–Kier alpha value is -3.02. The fraction of sp³-hybridized carbons (Fsp3) is 0.222. The minimum absolute atomic E-state index is 0.321. The lowest BCUT2D eigenvalue weighted by atomic mass is 10.1. The Labute approximate surface area is 139 Å². The van der Waals surface area contributed by atoms with Crippen LogP contribution in [0.15, 0.2) is 45.7 Å². The Balaban J connectivity index is 0.00000100. The summed E-state index contributed by atoms with van der Waals surface area (Å²) in [7, 11) is 1.75. The highest BCUT2D eigenvalue weighted by Gasteiger charge is 2.16. The number of hydrogen-bond acceptors (Lipinski definition) is 5. The van der Waals surface area contributed by atoms with Gasteiger partial charge in [0.1, 0.15) is 17.0 Å². The quantitative estimate of drug-likeness (QED) is 0.443. The number of hydrogen-bond donors (Lipinski definition) is 1. The minimum Gasteiger partial charge on any atom is -0.422 e. The predicted molar refractivity (Wildman–Crippen MR) is 93.4 cm³/mol. The molecule has 0 saturated carbocycles. The van der Waals surface area contributed by atoms with E-state index in [1.54, 1.807) is 49.0 Å². The van der Waals surface area contributed by atoms with Gasteiger partial charge in [-0.05, 0) is 31.2 Å². The van der Waals surface area contributed by atoms with Crippen molar-refractivity contribution in [2.75, 3.05) is 5.73 Å². The van der Waals surface area contributed by atoms with E-state index in [9.17, 15) is 9.59 Å². The number of aryl methyl sites for hydroxylation is 2. The molecule has 0 aliphatic carbocycles. The van der Waals surface area contributed by atoms with Gasteiger partial charge in [0.25, 0.3) is 0 Å². The maximum atomic E-state index is 12.2. The Kier molecular flexibility index (Phi) is 5.08. The average molecular weight is 328 g/mol. The van der Waals surface area contributed by atoms with Crippen molar-refractivity contribution in [2.24, 2.45) is 7.05 Å². The zero-order valence-electron chi connectivity index (χ0n) is 14.1. The number of nitrogens with two attached hydrogens (primary N) is 1. The van der Waals surface area contributed by atoms with Crippen molar-refractivity contribution in [1.82, 2.24) is 4.57 Å². The molecule has 0 spiro atoms. The smallest absolute Gasteiger partial charge is 0.360 e. The third-order valence-corrected chi connectivity index (χ3v) is 3.50. The number of rotatable bonds is 2. The highest BCUT2D eigenvalue weighted by molar-refractivity contribution is 5.94. The third-order valence-electron chi connectivity index (χ3n) is 3.50. The summed E-state index contributed by atoms with van der Waals surface area (Å²) < 4.78 is 12.2. The normalized spacial score (nSPS) is 10.2. The summed E-state index contributed by atoms with van der Waals surface area (Å²) in [5.74, 6) is -0.159. The van der Waals surface area contributed by atoms with Gasteiger partial charge in [-0.15, -0.1) is 0 Å². The number of anilines is 1. The van der Waals surface area contributed by atoms with E-state index in [1.807, 2.05) is 13.8 Å². The van der Waals surface area contributed by atoms with Gasteiger partial charge in [-0.25, -0.2) is 9.59 Å². The summed E-state index contributed by atoms with van der Waals surface area (Å²) in [5.41, 5.74) is 6.88. The largest absolute Gasteiger partial charge is 0.422 e. The molecule has 0 amide bonds. The Morgan fingerprint density at radius 3 is 2.58 bits per heavy atom. The molecule has 2 aromatic heterocycles. The van der Waals surface area contributed by atoms with E-state index in [0.717, 1.165) is 0 Å². The number of ether oxygens (including phenoxy) is 1. The molecule has 0 aliphatic rings. The van der Waals surface area contributed by atoms with E-state index < -0.39 is 11.6 Å². The number of fused-ring (bicyclic) bond motifs is 1. The molecule has 1 aromatic carbocycles. The summed E-state index contributed by atoms with van der Waals surface area (Å²) >= 11 is 0. The summed E-state index contributed by atoms with van der Waals surface area (Å²) in [5, 5.41) is 0.607. The van der Waals surface area contributed by atoms with Crippen molar-refractivity contribution >= 4 is 22.6 Å². The Bertz CT molecular complexity index is 938. The van der Waals surface area contributed by atoms with Gasteiger partial charge in [-0.2, -0.15) is 0 Å². The maximum absolute atomic E-state index is 12.2. The zero-order chi connectivity index (χ0) is 17.9. The van der Waals surface area contributed by atoms with E-state index in [2.05, 4.69) is 0 Å². The van der Waals surface area contributed by atoms with Crippen LogP contribution in [-0.4, -0.2) is 10.5 Å². The molecule has 2 N–H and O–H groups in total. The molecule has 126 valence electrons. The number of aromatic nitrogens is 1. The lowest BCUT2D eigenvalue weighted by Crippen LogP contribution is -2.13. The van der Waals surface area contributed by atoms with Crippen LogP contribution in [0.2, 0.25) is 0 Å². The van der Waals surface area contributed by atoms with Crippen molar-refractivity contribution in [3.63, 3.8) is 0 Å². The molecule has 24 heavy (non-hydrogen) atoms. The fourth-order valence-corrected chi connectivity index (χ4v) is 2.30. The second-order valence-electron chi connectivity index (χ2n) is 4.98. The van der Waals surface area contributed by atoms with Crippen LogP contribution in [0.5, 0.6) is 5.75 Å². The van der Waals surface area contributed by atoms with Crippen molar-refractivity contribution in [2.45, 2.75) is 20.8 Å². The molecule has 3 rings (SSSR count). The van der Waals surface area contributed by atoms with Crippen LogP contribution in [0.3, 0.4) is 0 Å². The molecule has 0 aliphatic heterocycles. The molecule has 0 atom stereocenters. The number of nitrogen functional groups attached to an aromatic ring is 1. The average Bonchev–Trinajstić information content (AvgIpc) is 2.98. The zero-order valence-corrected chi connectivity index (χ0v) is 14.1. The predicted octanol–water partition coefficient (Wildman–Crippen LogP) is 3.27. The van der Waals surface area contributed by atoms with Gasteiger partial charge >= 0.3 is 11.6 Å². The van der Waals surface area contributed by atoms with Crippen LogP contribution in [-0.2, 0) is 7.05 Å². The van der Waals surface area contributed by atoms with Gasteiger partial charge in [0.05, 0.1) is 0 Å². The molecule has 6 nitrogen and oxygen atoms in total. The van der Waals surface area contributed by atoms with Gasteiger partial charge in [-0.3, -0.25) is 0 Å². The van der Waals surface area contributed by atoms with Gasteiger partial charge in [0.2, 0.25) is 0 Å². The lowest BCUT2D eigenvalue weighted by Gasteiger charge is -2.10. The molecule has 3 aromatic rings. The first kappa shape index (κ1) is 17.3. The molecule has 2 heterocycles. The van der Waals surface area contributed by atoms with E-state index in [1.165, 1.54) is 6.07 Å². The molecular formula is C18H20N2O4. The fourth-order valence-electron chi connectivity index (χ4n) is 2.30. The van der Waals surface area contributed by atoms with Crippen LogP contribution >= 0.6 is 0 Å². The van der Waals surface area contributed by atoms with Crippen LogP contribution < -0.4 is 16.1 Å². The summed E-state index contributed by atoms with van der Waals surface area (Å²) in [6, 6.07) is 7.93. The number of carbonyl (C=O) groups excluding carboxylic acids is 1.